The minimum absolute atomic E-state index is 0.00376. The molecule has 2 rings (SSSR count). The van der Waals surface area contributed by atoms with Crippen LogP contribution in [0.2, 0.25) is 0 Å². The van der Waals surface area contributed by atoms with Crippen LogP contribution >= 0.6 is 15.9 Å². The Labute approximate surface area is 128 Å². The third-order valence-electron chi connectivity index (χ3n) is 2.49. The van der Waals surface area contributed by atoms with Gasteiger partial charge in [0.05, 0.1) is 5.69 Å². The Morgan fingerprint density at radius 3 is 2.57 bits per heavy atom. The summed E-state index contributed by atoms with van der Waals surface area (Å²) in [6, 6.07) is 7.15. The van der Waals surface area contributed by atoms with Crippen molar-refractivity contribution in [3.8, 4) is 0 Å². The molecule has 0 atom stereocenters. The van der Waals surface area contributed by atoms with Crippen LogP contribution in [0.4, 0.5) is 15.8 Å². The van der Waals surface area contributed by atoms with Gasteiger partial charge in [0, 0.05) is 23.3 Å². The summed E-state index contributed by atoms with van der Waals surface area (Å²) in [5, 5.41) is 4.93. The molecule has 0 saturated carbocycles. The minimum atomic E-state index is -0.579. The average molecular weight is 352 g/mol. The molecule has 0 saturated heterocycles. The standard InChI is InChI=1S/C14H11BrFN3O2/c1-8(20)18-13-6-10(3-4-11(13)16)19-14(21)12-5-2-9(15)7-17-12/h2-7H,1H3,(H,18,20)(H,19,21). The number of halogens is 2. The molecule has 0 bridgehead atoms. The SMILES string of the molecule is CC(=O)Nc1cc(NC(=O)c2ccc(Br)cn2)ccc1F. The molecule has 0 fully saturated rings. The van der Waals surface area contributed by atoms with Gasteiger partial charge in [-0.2, -0.15) is 0 Å². The third kappa shape index (κ3) is 4.09. The molecule has 0 aliphatic heterocycles. The zero-order valence-corrected chi connectivity index (χ0v) is 12.6. The normalized spacial score (nSPS) is 10.0. The van der Waals surface area contributed by atoms with Crippen molar-refractivity contribution < 1.29 is 14.0 Å². The molecule has 1 heterocycles. The molecule has 1 aromatic heterocycles. The van der Waals surface area contributed by atoms with Gasteiger partial charge in [0.25, 0.3) is 5.91 Å². The highest BCUT2D eigenvalue weighted by Crippen LogP contribution is 2.20. The lowest BCUT2D eigenvalue weighted by Crippen LogP contribution is -2.14. The van der Waals surface area contributed by atoms with E-state index in [9.17, 15) is 14.0 Å². The van der Waals surface area contributed by atoms with E-state index >= 15 is 0 Å². The number of benzene rings is 1. The Balaban J connectivity index is 2.17. The maximum Gasteiger partial charge on any atom is 0.274 e. The van der Waals surface area contributed by atoms with Crippen LogP contribution in [0, 0.1) is 5.82 Å². The number of hydrogen-bond donors (Lipinski definition) is 2. The van der Waals surface area contributed by atoms with Gasteiger partial charge in [-0.3, -0.25) is 9.59 Å². The monoisotopic (exact) mass is 351 g/mol. The van der Waals surface area contributed by atoms with Crippen LogP contribution < -0.4 is 10.6 Å². The molecule has 5 nitrogen and oxygen atoms in total. The van der Waals surface area contributed by atoms with Crippen molar-refractivity contribution >= 4 is 39.1 Å². The van der Waals surface area contributed by atoms with E-state index in [4.69, 9.17) is 0 Å². The van der Waals surface area contributed by atoms with Crippen molar-refractivity contribution in [1.29, 1.82) is 0 Å². The number of pyridine rings is 1. The minimum Gasteiger partial charge on any atom is -0.324 e. The van der Waals surface area contributed by atoms with Crippen molar-refractivity contribution in [2.75, 3.05) is 10.6 Å². The Bertz CT molecular complexity index is 689. The summed E-state index contributed by atoms with van der Waals surface area (Å²) in [6.07, 6.45) is 1.50. The number of nitrogens with one attached hydrogen (secondary N) is 2. The van der Waals surface area contributed by atoms with Crippen molar-refractivity contribution in [1.82, 2.24) is 4.98 Å². The first-order valence-electron chi connectivity index (χ1n) is 5.96. The second-order valence-corrected chi connectivity index (χ2v) is 5.11. The zero-order chi connectivity index (χ0) is 15.4. The Morgan fingerprint density at radius 1 is 1.19 bits per heavy atom. The van der Waals surface area contributed by atoms with Gasteiger partial charge in [-0.25, -0.2) is 9.37 Å². The van der Waals surface area contributed by atoms with E-state index in [-0.39, 0.29) is 11.4 Å². The van der Waals surface area contributed by atoms with E-state index in [0.717, 1.165) is 10.5 Å². The first-order chi connectivity index (χ1) is 9.95. The van der Waals surface area contributed by atoms with Crippen molar-refractivity contribution in [2.45, 2.75) is 6.92 Å². The number of nitrogens with zero attached hydrogens (tertiary/aromatic N) is 1. The van der Waals surface area contributed by atoms with Gasteiger partial charge in [0.15, 0.2) is 0 Å². The molecular weight excluding hydrogens is 341 g/mol. The number of amides is 2. The van der Waals surface area contributed by atoms with Gasteiger partial charge >= 0.3 is 0 Å². The maximum atomic E-state index is 13.5. The lowest BCUT2D eigenvalue weighted by Gasteiger charge is -2.08. The van der Waals surface area contributed by atoms with Crippen LogP contribution in [0.25, 0.3) is 0 Å². The summed E-state index contributed by atoms with van der Waals surface area (Å²) in [5.74, 6) is -1.40. The van der Waals surface area contributed by atoms with Gasteiger partial charge in [-0.1, -0.05) is 0 Å². The van der Waals surface area contributed by atoms with E-state index in [1.165, 1.54) is 25.3 Å². The van der Waals surface area contributed by atoms with Crippen LogP contribution in [-0.2, 0) is 4.79 Å². The number of carbonyl (C=O) groups is 2. The van der Waals surface area contributed by atoms with Gasteiger partial charge < -0.3 is 10.6 Å². The van der Waals surface area contributed by atoms with Crippen LogP contribution in [0.3, 0.4) is 0 Å². The summed E-state index contributed by atoms with van der Waals surface area (Å²) in [4.78, 5) is 26.9. The summed E-state index contributed by atoms with van der Waals surface area (Å²) >= 11 is 3.23. The zero-order valence-electron chi connectivity index (χ0n) is 11.0. The van der Waals surface area contributed by atoms with Crippen LogP contribution in [-0.4, -0.2) is 16.8 Å². The summed E-state index contributed by atoms with van der Waals surface area (Å²) in [6.45, 7) is 1.27. The van der Waals surface area contributed by atoms with Gasteiger partial charge in [-0.05, 0) is 46.3 Å². The Hall–Kier alpha value is -2.28. The summed E-state index contributed by atoms with van der Waals surface area (Å²) in [7, 11) is 0. The number of carbonyl (C=O) groups excluding carboxylic acids is 2. The second kappa shape index (κ2) is 6.45. The predicted molar refractivity (Wildman–Crippen MR) is 80.6 cm³/mol. The molecule has 2 aromatic rings. The van der Waals surface area contributed by atoms with Crippen molar-refractivity contribution in [3.63, 3.8) is 0 Å². The van der Waals surface area contributed by atoms with Gasteiger partial charge in [-0.15, -0.1) is 0 Å². The van der Waals surface area contributed by atoms with Crippen LogP contribution in [0.15, 0.2) is 41.0 Å². The second-order valence-electron chi connectivity index (χ2n) is 4.19. The first kappa shape index (κ1) is 15.1. The summed E-state index contributed by atoms with van der Waals surface area (Å²) < 4.78 is 14.2. The fraction of sp³-hybridized carbons (Fsp3) is 0.0714. The summed E-state index contributed by atoms with van der Waals surface area (Å²) in [5.41, 5.74) is 0.586. The molecule has 108 valence electrons. The van der Waals surface area contributed by atoms with Crippen molar-refractivity contribution in [2.24, 2.45) is 0 Å². The van der Waals surface area contributed by atoms with Crippen LogP contribution in [0.5, 0.6) is 0 Å². The molecule has 0 unspecified atom stereocenters. The van der Waals surface area contributed by atoms with E-state index in [1.54, 1.807) is 12.1 Å². The quantitative estimate of drug-likeness (QED) is 0.891. The lowest BCUT2D eigenvalue weighted by molar-refractivity contribution is -0.114. The molecule has 0 aliphatic rings. The topological polar surface area (TPSA) is 71.1 Å². The number of hydrogen-bond acceptors (Lipinski definition) is 3. The Kier molecular flexibility index (Phi) is 4.64. The molecule has 2 amide bonds. The van der Waals surface area contributed by atoms with E-state index in [0.29, 0.717) is 5.69 Å². The van der Waals surface area contributed by atoms with Crippen molar-refractivity contribution in [3.05, 3.63) is 52.5 Å². The molecule has 21 heavy (non-hydrogen) atoms. The number of aromatic nitrogens is 1. The fourth-order valence-corrected chi connectivity index (χ4v) is 1.83. The molecule has 0 radical (unpaired) electrons. The highest BCUT2D eigenvalue weighted by molar-refractivity contribution is 9.10. The molecule has 1 aromatic carbocycles. The molecular formula is C14H11BrFN3O2. The largest absolute Gasteiger partial charge is 0.324 e. The third-order valence-corrected chi connectivity index (χ3v) is 2.96. The first-order valence-corrected chi connectivity index (χ1v) is 6.75. The number of anilines is 2. The maximum absolute atomic E-state index is 13.5. The highest BCUT2D eigenvalue weighted by atomic mass is 79.9. The van der Waals surface area contributed by atoms with E-state index < -0.39 is 17.6 Å². The van der Waals surface area contributed by atoms with Crippen LogP contribution in [0.1, 0.15) is 17.4 Å². The molecule has 7 heteroatoms. The Morgan fingerprint density at radius 2 is 1.95 bits per heavy atom. The van der Waals surface area contributed by atoms with Gasteiger partial charge in [0.2, 0.25) is 5.91 Å². The predicted octanol–water partition coefficient (Wildman–Crippen LogP) is 3.19. The lowest BCUT2D eigenvalue weighted by atomic mass is 10.2. The average Bonchev–Trinajstić information content (AvgIpc) is 2.42. The van der Waals surface area contributed by atoms with E-state index in [1.807, 2.05) is 0 Å². The molecule has 0 spiro atoms. The van der Waals surface area contributed by atoms with Gasteiger partial charge in [0.1, 0.15) is 11.5 Å². The smallest absolute Gasteiger partial charge is 0.274 e. The van der Waals surface area contributed by atoms with E-state index in [2.05, 4.69) is 31.5 Å². The number of rotatable bonds is 3. The highest BCUT2D eigenvalue weighted by Gasteiger charge is 2.10. The molecule has 0 aliphatic carbocycles. The fourth-order valence-electron chi connectivity index (χ4n) is 1.59. The molecule has 2 N–H and O–H groups in total.